The minimum Gasteiger partial charge on any atom is -0.507 e. The van der Waals surface area contributed by atoms with Gasteiger partial charge >= 0.3 is 0 Å². The van der Waals surface area contributed by atoms with Crippen molar-refractivity contribution < 1.29 is 14.9 Å². The molecule has 1 fully saturated rings. The summed E-state index contributed by atoms with van der Waals surface area (Å²) in [7, 11) is 0. The van der Waals surface area contributed by atoms with Crippen molar-refractivity contribution in [1.82, 2.24) is 0 Å². The molecule has 1 aliphatic carbocycles. The van der Waals surface area contributed by atoms with E-state index in [4.69, 9.17) is 4.74 Å². The van der Waals surface area contributed by atoms with Crippen molar-refractivity contribution in [3.8, 4) is 11.5 Å². The molecule has 24 heavy (non-hydrogen) atoms. The molecule has 0 aromatic heterocycles. The third-order valence-corrected chi connectivity index (χ3v) is 5.71. The molecule has 1 saturated carbocycles. The normalized spacial score (nSPS) is 24.2. The first kappa shape index (κ1) is 17.3. The predicted molar refractivity (Wildman–Crippen MR) is 96.6 cm³/mol. The molecule has 132 valence electrons. The van der Waals surface area contributed by atoms with Gasteiger partial charge in [-0.25, -0.2) is 0 Å². The largest absolute Gasteiger partial charge is 0.507 e. The van der Waals surface area contributed by atoms with Crippen molar-refractivity contribution in [2.45, 2.75) is 83.8 Å². The fourth-order valence-electron chi connectivity index (χ4n) is 4.53. The number of hydrogen-bond acceptors (Lipinski definition) is 3. The zero-order valence-electron chi connectivity index (χ0n) is 15.1. The molecule has 0 amide bonds. The van der Waals surface area contributed by atoms with E-state index >= 15 is 0 Å². The number of ether oxygens (including phenoxy) is 1. The average Bonchev–Trinajstić information content (AvgIpc) is 2.55. The standard InChI is InChI=1S/C21H30O3/c1-4-16(13(2)3)17-12-20(23)24-19-11-15(10-18(22)21(17)19)14-8-6-5-7-9-14/h10-11,14,17,20,22-23H,4-9,12H2,1-3H3. The highest BCUT2D eigenvalue weighted by atomic mass is 16.6. The molecule has 3 rings (SSSR count). The topological polar surface area (TPSA) is 49.7 Å². The number of phenols is 1. The van der Waals surface area contributed by atoms with E-state index in [1.165, 1.54) is 43.3 Å². The summed E-state index contributed by atoms with van der Waals surface area (Å²) in [6.45, 7) is 6.35. The van der Waals surface area contributed by atoms with E-state index in [1.807, 2.05) is 6.07 Å². The van der Waals surface area contributed by atoms with Crippen LogP contribution in [-0.2, 0) is 0 Å². The van der Waals surface area contributed by atoms with Crippen molar-refractivity contribution in [3.63, 3.8) is 0 Å². The molecule has 1 heterocycles. The molecule has 3 heteroatoms. The van der Waals surface area contributed by atoms with Crippen molar-refractivity contribution in [1.29, 1.82) is 0 Å². The van der Waals surface area contributed by atoms with Gasteiger partial charge in [-0.05, 0) is 56.7 Å². The summed E-state index contributed by atoms with van der Waals surface area (Å²) >= 11 is 0. The van der Waals surface area contributed by atoms with E-state index in [0.717, 1.165) is 17.5 Å². The molecule has 2 atom stereocenters. The molecule has 1 aliphatic heterocycles. The molecule has 0 radical (unpaired) electrons. The van der Waals surface area contributed by atoms with Crippen molar-refractivity contribution in [3.05, 3.63) is 34.4 Å². The smallest absolute Gasteiger partial charge is 0.198 e. The number of aliphatic hydroxyl groups excluding tert-OH is 1. The van der Waals surface area contributed by atoms with Gasteiger partial charge in [-0.2, -0.15) is 0 Å². The molecular weight excluding hydrogens is 300 g/mol. The number of aromatic hydroxyl groups is 1. The van der Waals surface area contributed by atoms with Gasteiger partial charge in [0.25, 0.3) is 0 Å². The summed E-state index contributed by atoms with van der Waals surface area (Å²) in [6, 6.07) is 4.01. The minimum atomic E-state index is -0.801. The summed E-state index contributed by atoms with van der Waals surface area (Å²) in [5.41, 5.74) is 4.57. The Hall–Kier alpha value is -1.48. The number of fused-ring (bicyclic) bond motifs is 1. The highest BCUT2D eigenvalue weighted by Gasteiger charge is 2.33. The van der Waals surface area contributed by atoms with Crippen LogP contribution >= 0.6 is 0 Å². The van der Waals surface area contributed by atoms with Gasteiger partial charge in [0.1, 0.15) is 11.5 Å². The average molecular weight is 330 g/mol. The molecular formula is C21H30O3. The number of hydrogen-bond donors (Lipinski definition) is 2. The van der Waals surface area contributed by atoms with Gasteiger partial charge in [-0.15, -0.1) is 0 Å². The Labute approximate surface area is 145 Å². The van der Waals surface area contributed by atoms with Gasteiger partial charge in [0.2, 0.25) is 0 Å². The van der Waals surface area contributed by atoms with Crippen LogP contribution in [0.5, 0.6) is 11.5 Å². The maximum atomic E-state index is 10.8. The fraction of sp³-hybridized carbons (Fsp3) is 0.619. The summed E-state index contributed by atoms with van der Waals surface area (Å²) in [4.78, 5) is 0. The number of phenolic OH excluding ortho intramolecular Hbond substituents is 1. The number of benzene rings is 1. The zero-order chi connectivity index (χ0) is 17.3. The van der Waals surface area contributed by atoms with E-state index < -0.39 is 6.29 Å². The Bertz CT molecular complexity index is 622. The number of aliphatic hydroxyl groups is 1. The molecule has 0 spiro atoms. The van der Waals surface area contributed by atoms with Crippen LogP contribution < -0.4 is 4.74 Å². The molecule has 0 saturated heterocycles. The second kappa shape index (κ2) is 7.18. The lowest BCUT2D eigenvalue weighted by atomic mass is 9.79. The van der Waals surface area contributed by atoms with Gasteiger partial charge in [-0.3, -0.25) is 0 Å². The highest BCUT2D eigenvalue weighted by Crippen LogP contribution is 2.48. The summed E-state index contributed by atoms with van der Waals surface area (Å²) in [5.74, 6) is 1.55. The highest BCUT2D eigenvalue weighted by molar-refractivity contribution is 5.54. The Kier molecular flexibility index (Phi) is 5.19. The monoisotopic (exact) mass is 330 g/mol. The Morgan fingerprint density at radius 2 is 1.88 bits per heavy atom. The molecule has 1 aromatic rings. The third-order valence-electron chi connectivity index (χ3n) is 5.71. The van der Waals surface area contributed by atoms with Crippen LogP contribution in [0.4, 0.5) is 0 Å². The first-order valence-electron chi connectivity index (χ1n) is 9.39. The van der Waals surface area contributed by atoms with E-state index in [1.54, 1.807) is 0 Å². The third kappa shape index (κ3) is 3.32. The molecule has 1 aromatic carbocycles. The molecule has 2 N–H and O–H groups in total. The van der Waals surface area contributed by atoms with Gasteiger partial charge in [-0.1, -0.05) is 37.3 Å². The summed E-state index contributed by atoms with van der Waals surface area (Å²) in [6.07, 6.45) is 6.81. The molecule has 2 aliphatic rings. The predicted octanol–water partition coefficient (Wildman–Crippen LogP) is 5.37. The number of rotatable bonds is 3. The van der Waals surface area contributed by atoms with Crippen LogP contribution in [-0.4, -0.2) is 16.5 Å². The van der Waals surface area contributed by atoms with Crippen LogP contribution in [0.25, 0.3) is 0 Å². The second-order valence-corrected chi connectivity index (χ2v) is 7.53. The van der Waals surface area contributed by atoms with Crippen molar-refractivity contribution in [2.24, 2.45) is 0 Å². The Morgan fingerprint density at radius 1 is 1.17 bits per heavy atom. The quantitative estimate of drug-likeness (QED) is 0.732. The van der Waals surface area contributed by atoms with E-state index in [9.17, 15) is 10.2 Å². The van der Waals surface area contributed by atoms with Crippen LogP contribution in [0.3, 0.4) is 0 Å². The molecule has 2 unspecified atom stereocenters. The lowest BCUT2D eigenvalue weighted by Gasteiger charge is -2.33. The van der Waals surface area contributed by atoms with E-state index in [-0.39, 0.29) is 5.92 Å². The lowest BCUT2D eigenvalue weighted by molar-refractivity contribution is -0.0369. The summed E-state index contributed by atoms with van der Waals surface area (Å²) in [5, 5.41) is 21.0. The van der Waals surface area contributed by atoms with E-state index in [2.05, 4.69) is 26.8 Å². The van der Waals surface area contributed by atoms with Crippen LogP contribution in [0.2, 0.25) is 0 Å². The maximum absolute atomic E-state index is 10.8. The Morgan fingerprint density at radius 3 is 2.50 bits per heavy atom. The second-order valence-electron chi connectivity index (χ2n) is 7.53. The summed E-state index contributed by atoms with van der Waals surface area (Å²) < 4.78 is 5.72. The number of allylic oxidation sites excluding steroid dienone is 2. The molecule has 0 bridgehead atoms. The maximum Gasteiger partial charge on any atom is 0.198 e. The first-order valence-corrected chi connectivity index (χ1v) is 9.39. The SMILES string of the molecule is CCC(=C(C)C)C1CC(O)Oc2cc(C3CCCCC3)cc(O)c21. The van der Waals surface area contributed by atoms with Crippen LogP contribution in [0.15, 0.2) is 23.3 Å². The van der Waals surface area contributed by atoms with Gasteiger partial charge in [0.05, 0.1) is 0 Å². The van der Waals surface area contributed by atoms with Gasteiger partial charge in [0, 0.05) is 17.9 Å². The van der Waals surface area contributed by atoms with E-state index in [0.29, 0.717) is 23.8 Å². The van der Waals surface area contributed by atoms with Crippen molar-refractivity contribution in [2.75, 3.05) is 0 Å². The Balaban J connectivity index is 2.03. The lowest BCUT2D eigenvalue weighted by Crippen LogP contribution is -2.26. The van der Waals surface area contributed by atoms with Crippen LogP contribution in [0.1, 0.15) is 88.7 Å². The van der Waals surface area contributed by atoms with Gasteiger partial charge < -0.3 is 14.9 Å². The fourth-order valence-corrected chi connectivity index (χ4v) is 4.53. The van der Waals surface area contributed by atoms with Gasteiger partial charge in [0.15, 0.2) is 6.29 Å². The first-order chi connectivity index (χ1) is 11.5. The van der Waals surface area contributed by atoms with Crippen molar-refractivity contribution >= 4 is 0 Å². The molecule has 3 nitrogen and oxygen atoms in total. The minimum absolute atomic E-state index is 0.0409. The van der Waals surface area contributed by atoms with Crippen LogP contribution in [0, 0.1) is 0 Å². The zero-order valence-corrected chi connectivity index (χ0v) is 15.1.